The first-order valence-electron chi connectivity index (χ1n) is 7.05. The number of rotatable bonds is 5. The number of hydrogen-bond acceptors (Lipinski definition) is 5. The highest BCUT2D eigenvalue weighted by Crippen LogP contribution is 2.22. The number of H-pyrrole nitrogens is 1. The zero-order valence-electron chi connectivity index (χ0n) is 13.4. The molecule has 2 rings (SSSR count). The lowest BCUT2D eigenvalue weighted by Gasteiger charge is -2.03. The molecule has 0 aromatic carbocycles. The topological polar surface area (TPSA) is 118 Å². The zero-order chi connectivity index (χ0) is 17.4. The van der Waals surface area contributed by atoms with Crippen LogP contribution in [-0.4, -0.2) is 24.3 Å². The van der Waals surface area contributed by atoms with Crippen LogP contribution in [0, 0.1) is 13.8 Å². The van der Waals surface area contributed by atoms with Gasteiger partial charge < -0.3 is 10.3 Å². The van der Waals surface area contributed by atoms with E-state index in [2.05, 4.69) is 29.1 Å². The molecule has 0 unspecified atom stereocenters. The van der Waals surface area contributed by atoms with Crippen LogP contribution >= 0.6 is 11.3 Å². The fraction of sp³-hybridized carbons (Fsp3) is 0.429. The van der Waals surface area contributed by atoms with Crippen LogP contribution in [0.4, 0.5) is 0 Å². The first kappa shape index (κ1) is 17.6. The van der Waals surface area contributed by atoms with Gasteiger partial charge in [0.25, 0.3) is 5.91 Å². The highest BCUT2D eigenvalue weighted by atomic mass is 32.2. The molecule has 2 aromatic heterocycles. The van der Waals surface area contributed by atoms with Gasteiger partial charge in [0.2, 0.25) is 10.0 Å². The smallest absolute Gasteiger partial charge is 0.268 e. The number of nitrogens with zero attached hydrogens (tertiary/aromatic N) is 1. The lowest BCUT2D eigenvalue weighted by atomic mass is 10.2. The summed E-state index contributed by atoms with van der Waals surface area (Å²) >= 11 is 1.55. The van der Waals surface area contributed by atoms with Gasteiger partial charge in [0.15, 0.2) is 0 Å². The lowest BCUT2D eigenvalue weighted by molar-refractivity contribution is 0.0945. The molecular weight excluding hydrogens is 336 g/mol. The molecule has 0 fully saturated rings. The van der Waals surface area contributed by atoms with E-state index in [0.717, 1.165) is 10.7 Å². The van der Waals surface area contributed by atoms with E-state index in [4.69, 9.17) is 5.14 Å². The minimum Gasteiger partial charge on any atom is -0.353 e. The van der Waals surface area contributed by atoms with Crippen LogP contribution in [0.2, 0.25) is 0 Å². The van der Waals surface area contributed by atoms with Crippen molar-refractivity contribution in [1.29, 1.82) is 0 Å². The quantitative estimate of drug-likeness (QED) is 0.757. The molecule has 2 aromatic rings. The molecule has 0 aliphatic heterocycles. The molecular formula is C14H20N4O3S2. The number of thiazole rings is 1. The number of primary sulfonamides is 1. The molecule has 4 N–H and O–H groups in total. The average Bonchev–Trinajstić information content (AvgIpc) is 3.00. The molecule has 1 amide bonds. The fourth-order valence-electron chi connectivity index (χ4n) is 2.31. The van der Waals surface area contributed by atoms with Crippen molar-refractivity contribution in [2.24, 2.45) is 5.14 Å². The molecule has 126 valence electrons. The molecule has 23 heavy (non-hydrogen) atoms. The van der Waals surface area contributed by atoms with Crippen molar-refractivity contribution in [2.45, 2.75) is 45.1 Å². The summed E-state index contributed by atoms with van der Waals surface area (Å²) in [7, 11) is -3.87. The van der Waals surface area contributed by atoms with Gasteiger partial charge in [-0.15, -0.1) is 11.3 Å². The Labute approximate surface area is 139 Å². The van der Waals surface area contributed by atoms with Gasteiger partial charge in [-0.3, -0.25) is 4.79 Å². The lowest BCUT2D eigenvalue weighted by Crippen LogP contribution is -2.24. The van der Waals surface area contributed by atoms with Crippen molar-refractivity contribution < 1.29 is 13.2 Å². The molecule has 2 heterocycles. The average molecular weight is 356 g/mol. The van der Waals surface area contributed by atoms with Crippen molar-refractivity contribution in [2.75, 3.05) is 0 Å². The zero-order valence-corrected chi connectivity index (χ0v) is 15.1. The number of aromatic amines is 1. The van der Waals surface area contributed by atoms with E-state index < -0.39 is 10.0 Å². The number of aromatic nitrogens is 2. The van der Waals surface area contributed by atoms with Crippen LogP contribution in [0.15, 0.2) is 10.3 Å². The third-order valence-electron chi connectivity index (χ3n) is 3.37. The summed E-state index contributed by atoms with van der Waals surface area (Å²) in [5, 5.41) is 10.8. The second kappa shape index (κ2) is 6.42. The Balaban J connectivity index is 2.15. The standard InChI is InChI=1S/C14H20N4O3S2/c1-7(2)14-18-10(6-22-14)5-16-13(19)11-8(3)12(9(4)17-11)23(15,20)21/h6-7,17H,5H2,1-4H3,(H,16,19)(H2,15,20,21). The number of carbonyl (C=O) groups excluding carboxylic acids is 1. The number of nitrogens with two attached hydrogens (primary N) is 1. The van der Waals surface area contributed by atoms with Crippen molar-refractivity contribution in [3.63, 3.8) is 0 Å². The number of carbonyl (C=O) groups is 1. The van der Waals surface area contributed by atoms with Gasteiger partial charge in [-0.25, -0.2) is 18.5 Å². The largest absolute Gasteiger partial charge is 0.353 e. The molecule has 0 radical (unpaired) electrons. The predicted octanol–water partition coefficient (Wildman–Crippen LogP) is 1.79. The molecule has 0 aliphatic rings. The molecule has 7 nitrogen and oxygen atoms in total. The SMILES string of the molecule is Cc1[nH]c(C(=O)NCc2csc(C(C)C)n2)c(C)c1S(N)(=O)=O. The van der Waals surface area contributed by atoms with E-state index >= 15 is 0 Å². The van der Waals surface area contributed by atoms with Crippen LogP contribution in [-0.2, 0) is 16.6 Å². The van der Waals surface area contributed by atoms with E-state index in [-0.39, 0.29) is 23.0 Å². The maximum absolute atomic E-state index is 12.3. The van der Waals surface area contributed by atoms with Crippen LogP contribution in [0.1, 0.15) is 52.2 Å². The number of nitrogens with one attached hydrogen (secondary N) is 2. The minimum absolute atomic E-state index is 0.0293. The van der Waals surface area contributed by atoms with E-state index in [1.807, 2.05) is 5.38 Å². The minimum atomic E-state index is -3.87. The summed E-state index contributed by atoms with van der Waals surface area (Å²) in [5.41, 5.74) is 1.65. The van der Waals surface area contributed by atoms with Crippen LogP contribution in [0.25, 0.3) is 0 Å². The van der Waals surface area contributed by atoms with Gasteiger partial charge in [-0.1, -0.05) is 13.8 Å². The second-order valence-corrected chi connectivity index (χ2v) is 8.03. The Morgan fingerprint density at radius 2 is 2.09 bits per heavy atom. The van der Waals surface area contributed by atoms with E-state index in [0.29, 0.717) is 17.2 Å². The van der Waals surface area contributed by atoms with E-state index in [1.165, 1.54) is 0 Å². The monoisotopic (exact) mass is 356 g/mol. The van der Waals surface area contributed by atoms with Gasteiger partial charge in [-0.2, -0.15) is 0 Å². The van der Waals surface area contributed by atoms with Gasteiger partial charge in [0.1, 0.15) is 10.6 Å². The van der Waals surface area contributed by atoms with Gasteiger partial charge in [0.05, 0.1) is 17.2 Å². The Morgan fingerprint density at radius 3 is 2.57 bits per heavy atom. The van der Waals surface area contributed by atoms with E-state index in [1.54, 1.807) is 25.2 Å². The Morgan fingerprint density at radius 1 is 1.43 bits per heavy atom. The number of amides is 1. The Bertz CT molecular complexity index is 834. The van der Waals surface area contributed by atoms with E-state index in [9.17, 15) is 13.2 Å². The summed E-state index contributed by atoms with van der Waals surface area (Å²) in [5.74, 6) is -0.0466. The van der Waals surface area contributed by atoms with Gasteiger partial charge in [-0.05, 0) is 19.4 Å². The third kappa shape index (κ3) is 3.80. The molecule has 0 saturated heterocycles. The van der Waals surface area contributed by atoms with Crippen molar-refractivity contribution >= 4 is 27.3 Å². The van der Waals surface area contributed by atoms with Crippen molar-refractivity contribution in [3.05, 3.63) is 33.0 Å². The van der Waals surface area contributed by atoms with Crippen molar-refractivity contribution in [3.8, 4) is 0 Å². The van der Waals surface area contributed by atoms with Gasteiger partial charge >= 0.3 is 0 Å². The van der Waals surface area contributed by atoms with Crippen LogP contribution in [0.3, 0.4) is 0 Å². The van der Waals surface area contributed by atoms with Gasteiger partial charge in [0, 0.05) is 17.0 Å². The molecule has 0 spiro atoms. The Kier molecular flexibility index (Phi) is 4.92. The van der Waals surface area contributed by atoms with Crippen molar-refractivity contribution in [1.82, 2.24) is 15.3 Å². The molecule has 9 heteroatoms. The first-order chi connectivity index (χ1) is 10.6. The highest BCUT2D eigenvalue weighted by molar-refractivity contribution is 7.89. The number of hydrogen-bond donors (Lipinski definition) is 3. The van der Waals surface area contributed by atoms with Crippen LogP contribution in [0.5, 0.6) is 0 Å². The second-order valence-electron chi connectivity index (χ2n) is 5.64. The summed E-state index contributed by atoms with van der Waals surface area (Å²) in [6.45, 7) is 7.52. The molecule has 0 bridgehead atoms. The first-order valence-corrected chi connectivity index (χ1v) is 9.48. The summed E-state index contributed by atoms with van der Waals surface area (Å²) in [4.78, 5) is 19.5. The maximum Gasteiger partial charge on any atom is 0.268 e. The molecule has 0 saturated carbocycles. The normalized spacial score (nSPS) is 11.9. The number of aryl methyl sites for hydroxylation is 1. The third-order valence-corrected chi connectivity index (χ3v) is 5.75. The number of sulfonamides is 1. The summed E-state index contributed by atoms with van der Waals surface area (Å²) in [6, 6.07) is 0. The highest BCUT2D eigenvalue weighted by Gasteiger charge is 2.23. The molecule has 0 atom stereocenters. The Hall–Kier alpha value is -1.71. The molecule has 0 aliphatic carbocycles. The summed E-state index contributed by atoms with van der Waals surface area (Å²) in [6.07, 6.45) is 0. The van der Waals surface area contributed by atoms with Crippen LogP contribution < -0.4 is 10.5 Å². The summed E-state index contributed by atoms with van der Waals surface area (Å²) < 4.78 is 23.1. The maximum atomic E-state index is 12.3. The predicted molar refractivity (Wildman–Crippen MR) is 89.0 cm³/mol. The fourth-order valence-corrected chi connectivity index (χ4v) is 4.16.